The summed E-state index contributed by atoms with van der Waals surface area (Å²) in [6, 6.07) is 1.80. The van der Waals surface area contributed by atoms with Crippen LogP contribution in [0.25, 0.3) is 0 Å². The van der Waals surface area contributed by atoms with Crippen LogP contribution in [0.2, 0.25) is 0 Å². The highest BCUT2D eigenvalue weighted by Gasteiger charge is 2.25. The summed E-state index contributed by atoms with van der Waals surface area (Å²) in [5.74, 6) is 0.381. The van der Waals surface area contributed by atoms with Crippen molar-refractivity contribution < 1.29 is 19.1 Å². The van der Waals surface area contributed by atoms with Gasteiger partial charge >= 0.3 is 0 Å². The van der Waals surface area contributed by atoms with E-state index < -0.39 is 6.10 Å². The zero-order valence-corrected chi connectivity index (χ0v) is 12.7. The maximum Gasteiger partial charge on any atom is 0.289 e. The van der Waals surface area contributed by atoms with E-state index in [4.69, 9.17) is 9.15 Å². The first-order valence-corrected chi connectivity index (χ1v) is 7.43. The SMILES string of the molecule is CCOCC(O)CN1CCN(C(=O)c2occc2C)CC1. The average molecular weight is 296 g/mol. The molecular weight excluding hydrogens is 272 g/mol. The number of amides is 1. The quantitative estimate of drug-likeness (QED) is 0.839. The molecule has 118 valence electrons. The van der Waals surface area contributed by atoms with E-state index in [1.165, 1.54) is 0 Å². The molecule has 2 rings (SSSR count). The molecule has 1 amide bonds. The number of piperazine rings is 1. The van der Waals surface area contributed by atoms with E-state index in [1.807, 2.05) is 13.8 Å². The highest BCUT2D eigenvalue weighted by Crippen LogP contribution is 2.14. The molecule has 1 unspecified atom stereocenters. The molecule has 21 heavy (non-hydrogen) atoms. The van der Waals surface area contributed by atoms with Crippen LogP contribution in [0.1, 0.15) is 23.0 Å². The van der Waals surface area contributed by atoms with Gasteiger partial charge in [0, 0.05) is 44.9 Å². The van der Waals surface area contributed by atoms with E-state index >= 15 is 0 Å². The normalized spacial score (nSPS) is 18.0. The highest BCUT2D eigenvalue weighted by atomic mass is 16.5. The van der Waals surface area contributed by atoms with Crippen LogP contribution in [0.4, 0.5) is 0 Å². The Labute approximate surface area is 125 Å². The number of aryl methyl sites for hydroxylation is 1. The first-order chi connectivity index (χ1) is 10.1. The van der Waals surface area contributed by atoms with Gasteiger partial charge in [-0.2, -0.15) is 0 Å². The van der Waals surface area contributed by atoms with Gasteiger partial charge in [-0.25, -0.2) is 0 Å². The third-order valence-corrected chi connectivity index (χ3v) is 3.70. The molecule has 1 aliphatic heterocycles. The lowest BCUT2D eigenvalue weighted by atomic mass is 10.2. The Morgan fingerprint density at radius 1 is 1.43 bits per heavy atom. The molecule has 2 heterocycles. The second kappa shape index (κ2) is 7.59. The number of nitrogens with zero attached hydrogens (tertiary/aromatic N) is 2. The zero-order valence-electron chi connectivity index (χ0n) is 12.7. The second-order valence-corrected chi connectivity index (χ2v) is 5.34. The summed E-state index contributed by atoms with van der Waals surface area (Å²) in [5, 5.41) is 9.83. The molecule has 0 saturated carbocycles. The van der Waals surface area contributed by atoms with E-state index in [2.05, 4.69) is 4.90 Å². The fourth-order valence-corrected chi connectivity index (χ4v) is 2.47. The number of carbonyl (C=O) groups excluding carboxylic acids is 1. The first-order valence-electron chi connectivity index (χ1n) is 7.43. The van der Waals surface area contributed by atoms with Gasteiger partial charge in [-0.05, 0) is 19.9 Å². The standard InChI is InChI=1S/C15H24N2O4/c1-3-20-11-13(18)10-16-5-7-17(8-6-16)15(19)14-12(2)4-9-21-14/h4,9,13,18H,3,5-8,10-11H2,1-2H3. The van der Waals surface area contributed by atoms with E-state index in [0.29, 0.717) is 38.6 Å². The first kappa shape index (κ1) is 16.0. The molecule has 0 bridgehead atoms. The Hall–Kier alpha value is -1.37. The van der Waals surface area contributed by atoms with Crippen LogP contribution in [-0.4, -0.2) is 72.9 Å². The molecule has 1 aliphatic rings. The largest absolute Gasteiger partial charge is 0.459 e. The van der Waals surface area contributed by atoms with Crippen LogP contribution in [0.5, 0.6) is 0 Å². The van der Waals surface area contributed by atoms with E-state index in [1.54, 1.807) is 17.2 Å². The topological polar surface area (TPSA) is 66.2 Å². The van der Waals surface area contributed by atoms with E-state index in [0.717, 1.165) is 18.7 Å². The molecule has 1 aromatic heterocycles. The van der Waals surface area contributed by atoms with Crippen LogP contribution < -0.4 is 0 Å². The van der Waals surface area contributed by atoms with Gasteiger partial charge in [0.25, 0.3) is 5.91 Å². The van der Waals surface area contributed by atoms with Crippen LogP contribution in [0, 0.1) is 6.92 Å². The Kier molecular flexibility index (Phi) is 5.78. The van der Waals surface area contributed by atoms with Gasteiger partial charge in [0.2, 0.25) is 0 Å². The van der Waals surface area contributed by atoms with Crippen molar-refractivity contribution in [2.75, 3.05) is 45.9 Å². The molecule has 1 atom stereocenters. The van der Waals surface area contributed by atoms with Crippen molar-refractivity contribution in [1.82, 2.24) is 9.80 Å². The Morgan fingerprint density at radius 2 is 2.14 bits per heavy atom. The minimum absolute atomic E-state index is 0.0491. The fraction of sp³-hybridized carbons (Fsp3) is 0.667. The summed E-state index contributed by atoms with van der Waals surface area (Å²) in [5.41, 5.74) is 0.870. The van der Waals surface area contributed by atoms with Crippen molar-refractivity contribution in [2.24, 2.45) is 0 Å². The number of aliphatic hydroxyl groups is 1. The molecule has 6 nitrogen and oxygen atoms in total. The molecule has 1 saturated heterocycles. The van der Waals surface area contributed by atoms with Crippen molar-refractivity contribution >= 4 is 5.91 Å². The van der Waals surface area contributed by atoms with Gasteiger partial charge in [0.15, 0.2) is 5.76 Å². The van der Waals surface area contributed by atoms with Gasteiger partial charge in [-0.15, -0.1) is 0 Å². The van der Waals surface area contributed by atoms with Crippen molar-refractivity contribution in [2.45, 2.75) is 20.0 Å². The van der Waals surface area contributed by atoms with Crippen molar-refractivity contribution in [3.05, 3.63) is 23.7 Å². The maximum atomic E-state index is 12.3. The Balaban J connectivity index is 1.78. The summed E-state index contributed by atoms with van der Waals surface area (Å²) < 4.78 is 10.5. The molecule has 0 aliphatic carbocycles. The second-order valence-electron chi connectivity index (χ2n) is 5.34. The minimum Gasteiger partial charge on any atom is -0.459 e. The molecule has 1 aromatic rings. The van der Waals surface area contributed by atoms with Crippen LogP contribution in [0.3, 0.4) is 0 Å². The molecule has 0 radical (unpaired) electrons. The van der Waals surface area contributed by atoms with Crippen molar-refractivity contribution in [3.8, 4) is 0 Å². The van der Waals surface area contributed by atoms with Crippen molar-refractivity contribution in [3.63, 3.8) is 0 Å². The van der Waals surface area contributed by atoms with E-state index in [-0.39, 0.29) is 5.91 Å². The fourth-order valence-electron chi connectivity index (χ4n) is 2.47. The maximum absolute atomic E-state index is 12.3. The lowest BCUT2D eigenvalue weighted by Crippen LogP contribution is -2.50. The number of hydrogen-bond acceptors (Lipinski definition) is 5. The monoisotopic (exact) mass is 296 g/mol. The summed E-state index contributed by atoms with van der Waals surface area (Å²) in [7, 11) is 0. The predicted molar refractivity (Wildman–Crippen MR) is 78.3 cm³/mol. The Morgan fingerprint density at radius 3 is 2.71 bits per heavy atom. The summed E-state index contributed by atoms with van der Waals surface area (Å²) >= 11 is 0. The van der Waals surface area contributed by atoms with Gasteiger partial charge < -0.3 is 19.2 Å². The van der Waals surface area contributed by atoms with E-state index in [9.17, 15) is 9.90 Å². The van der Waals surface area contributed by atoms with Gasteiger partial charge in [-0.1, -0.05) is 0 Å². The van der Waals surface area contributed by atoms with Crippen molar-refractivity contribution in [1.29, 1.82) is 0 Å². The molecule has 1 N–H and O–H groups in total. The number of furan rings is 1. The summed E-state index contributed by atoms with van der Waals surface area (Å²) in [6.45, 7) is 8.17. The Bertz CT molecular complexity index is 452. The number of ether oxygens (including phenoxy) is 1. The van der Waals surface area contributed by atoms with Gasteiger partial charge in [0.05, 0.1) is 19.0 Å². The number of β-amino-alcohol motifs (C(OH)–C–C–N with tert-alkyl or cyclic N) is 1. The van der Waals surface area contributed by atoms with Crippen LogP contribution in [-0.2, 0) is 4.74 Å². The molecule has 0 aromatic carbocycles. The molecule has 0 spiro atoms. The molecule has 1 fully saturated rings. The van der Waals surface area contributed by atoms with Crippen LogP contribution >= 0.6 is 0 Å². The van der Waals surface area contributed by atoms with Crippen LogP contribution in [0.15, 0.2) is 16.7 Å². The number of hydrogen-bond donors (Lipinski definition) is 1. The van der Waals surface area contributed by atoms with Gasteiger partial charge in [-0.3, -0.25) is 9.69 Å². The predicted octanol–water partition coefficient (Wildman–Crippen LogP) is 0.743. The number of carbonyl (C=O) groups is 1. The average Bonchev–Trinajstić information content (AvgIpc) is 2.91. The van der Waals surface area contributed by atoms with Gasteiger partial charge in [0.1, 0.15) is 0 Å². The minimum atomic E-state index is -0.473. The highest BCUT2D eigenvalue weighted by molar-refractivity contribution is 5.92. The number of aliphatic hydroxyl groups excluding tert-OH is 1. The lowest BCUT2D eigenvalue weighted by Gasteiger charge is -2.35. The summed E-state index contributed by atoms with van der Waals surface area (Å²) in [4.78, 5) is 16.3. The third-order valence-electron chi connectivity index (χ3n) is 3.70. The smallest absolute Gasteiger partial charge is 0.289 e. The molecular formula is C15H24N2O4. The molecule has 6 heteroatoms. The summed E-state index contributed by atoms with van der Waals surface area (Å²) in [6.07, 6.45) is 1.07. The third kappa shape index (κ3) is 4.30. The number of rotatable bonds is 6. The zero-order chi connectivity index (χ0) is 15.2. The lowest BCUT2D eigenvalue weighted by molar-refractivity contribution is 0.0107.